The van der Waals surface area contributed by atoms with Crippen molar-refractivity contribution >= 4 is 39.3 Å². The van der Waals surface area contributed by atoms with Crippen molar-refractivity contribution in [3.05, 3.63) is 12.7 Å². The van der Waals surface area contributed by atoms with Crippen LogP contribution in [0.15, 0.2) is 12.7 Å². The number of nitrogens with zero attached hydrogens (tertiary/aromatic N) is 2. The molecule has 2 saturated carbocycles. The standard InChI is InChI=1S/C38H62N4O7S/c1-10-11-17-27(43)32(45)25(20-24-15-14-16-24)21-28(44)31-30-26(38(30,8)9)22-42(31)34(46)33(37(5,6)7)40-35(47)39-29(36(2,3)4)23-41-18-12-13-19-50(41,48)49/h10,24-26,29-31,33H,1,11-23H2,2-9H3,(H2,39,40,47)/t25?,26-,29+,30-,31+,33+/m0/s1. The first-order valence-electron chi connectivity index (χ1n) is 18.7. The molecule has 4 aliphatic rings. The summed E-state index contributed by atoms with van der Waals surface area (Å²) in [6.45, 7) is 20.1. The highest BCUT2D eigenvalue weighted by Crippen LogP contribution is 2.65. The first-order valence-corrected chi connectivity index (χ1v) is 20.3. The highest BCUT2D eigenvalue weighted by atomic mass is 32.2. The molecule has 0 bridgehead atoms. The summed E-state index contributed by atoms with van der Waals surface area (Å²) in [6.07, 6.45) is 6.93. The van der Waals surface area contributed by atoms with E-state index in [4.69, 9.17) is 0 Å². The molecule has 50 heavy (non-hydrogen) atoms. The fourth-order valence-electron chi connectivity index (χ4n) is 8.18. The number of hydrogen-bond acceptors (Lipinski definition) is 7. The minimum absolute atomic E-state index is 0.0684. The monoisotopic (exact) mass is 718 g/mol. The number of likely N-dealkylation sites (tertiary alicyclic amines) is 1. The number of piperidine rings is 1. The molecule has 2 N–H and O–H groups in total. The molecule has 0 spiro atoms. The van der Waals surface area contributed by atoms with Gasteiger partial charge >= 0.3 is 6.03 Å². The quantitative estimate of drug-likeness (QED) is 0.181. The van der Waals surface area contributed by atoms with Gasteiger partial charge in [-0.2, -0.15) is 4.31 Å². The van der Waals surface area contributed by atoms with E-state index >= 15 is 0 Å². The summed E-state index contributed by atoms with van der Waals surface area (Å²) < 4.78 is 27.0. The van der Waals surface area contributed by atoms with E-state index in [1.54, 1.807) is 11.0 Å². The van der Waals surface area contributed by atoms with Crippen LogP contribution in [0.25, 0.3) is 0 Å². The first-order chi connectivity index (χ1) is 23.1. The Morgan fingerprint density at radius 1 is 0.960 bits per heavy atom. The lowest BCUT2D eigenvalue weighted by molar-refractivity contribution is -0.145. The van der Waals surface area contributed by atoms with Crippen molar-refractivity contribution in [2.24, 2.45) is 39.9 Å². The van der Waals surface area contributed by atoms with Gasteiger partial charge < -0.3 is 15.5 Å². The molecular formula is C38H62N4O7S. The van der Waals surface area contributed by atoms with Crippen LogP contribution in [-0.4, -0.2) is 90.4 Å². The largest absolute Gasteiger partial charge is 0.334 e. The molecule has 4 rings (SSSR count). The average molecular weight is 719 g/mol. The van der Waals surface area contributed by atoms with Crippen LogP contribution in [-0.2, 0) is 29.2 Å². The van der Waals surface area contributed by atoms with Crippen molar-refractivity contribution in [2.45, 2.75) is 131 Å². The van der Waals surface area contributed by atoms with Gasteiger partial charge in [0.15, 0.2) is 11.6 Å². The lowest BCUT2D eigenvalue weighted by Crippen LogP contribution is -2.62. The van der Waals surface area contributed by atoms with E-state index in [1.807, 2.05) is 41.5 Å². The third-order valence-corrected chi connectivity index (χ3v) is 13.8. The number of Topliss-reactive ketones (excluding diaryl/α,β-unsaturated/α-hetero) is 3. The van der Waals surface area contributed by atoms with Gasteiger partial charge in [-0.1, -0.05) is 80.7 Å². The maximum atomic E-state index is 14.5. The van der Waals surface area contributed by atoms with E-state index in [0.29, 0.717) is 38.3 Å². The van der Waals surface area contributed by atoms with Crippen LogP contribution < -0.4 is 10.6 Å². The van der Waals surface area contributed by atoms with Crippen LogP contribution >= 0.6 is 0 Å². The summed E-state index contributed by atoms with van der Waals surface area (Å²) in [5, 5.41) is 5.89. The van der Waals surface area contributed by atoms with Gasteiger partial charge in [-0.25, -0.2) is 13.2 Å². The van der Waals surface area contributed by atoms with Crippen LogP contribution in [0.1, 0.15) is 113 Å². The minimum Gasteiger partial charge on any atom is -0.334 e. The molecule has 282 valence electrons. The maximum Gasteiger partial charge on any atom is 0.315 e. The lowest BCUT2D eigenvalue weighted by Gasteiger charge is -2.39. The van der Waals surface area contributed by atoms with E-state index in [-0.39, 0.29) is 54.1 Å². The van der Waals surface area contributed by atoms with E-state index < -0.39 is 62.5 Å². The van der Waals surface area contributed by atoms with E-state index in [0.717, 1.165) is 25.7 Å². The van der Waals surface area contributed by atoms with Crippen LogP contribution in [0.2, 0.25) is 0 Å². The van der Waals surface area contributed by atoms with Crippen molar-refractivity contribution in [1.29, 1.82) is 0 Å². The van der Waals surface area contributed by atoms with Gasteiger partial charge in [0.25, 0.3) is 0 Å². The van der Waals surface area contributed by atoms with Crippen LogP contribution in [0, 0.1) is 39.9 Å². The van der Waals surface area contributed by atoms with Gasteiger partial charge in [0.2, 0.25) is 21.7 Å². The SMILES string of the molecule is C=CCCC(=O)C(=O)C(CC(=O)[C@@H]1[C@@H]2[C@H](CN1C(=O)[C@@H](NC(=O)N[C@H](CN1CCCCS1(=O)=O)C(C)(C)C)C(C)(C)C)C2(C)C)CC1CCC1. The second-order valence-corrected chi connectivity index (χ2v) is 20.2. The fourth-order valence-corrected chi connectivity index (χ4v) is 9.79. The lowest BCUT2D eigenvalue weighted by atomic mass is 9.75. The second-order valence-electron chi connectivity index (χ2n) is 18.1. The predicted octanol–water partition coefficient (Wildman–Crippen LogP) is 4.89. The Kier molecular flexibility index (Phi) is 12.2. The Morgan fingerprint density at radius 3 is 2.16 bits per heavy atom. The molecule has 0 aromatic heterocycles. The summed E-state index contributed by atoms with van der Waals surface area (Å²) in [5.41, 5.74) is -1.36. The van der Waals surface area contributed by atoms with Crippen molar-refractivity contribution in [3.8, 4) is 0 Å². The summed E-state index contributed by atoms with van der Waals surface area (Å²) in [5.74, 6) is -1.78. The number of rotatable bonds is 15. The molecule has 2 saturated heterocycles. The number of fused-ring (bicyclic) bond motifs is 1. The molecule has 0 aromatic rings. The van der Waals surface area contributed by atoms with E-state index in [9.17, 15) is 32.4 Å². The molecule has 3 amide bonds. The molecule has 4 fully saturated rings. The first kappa shape index (κ1) is 40.2. The average Bonchev–Trinajstić information content (AvgIpc) is 3.30. The number of sulfonamides is 1. The Balaban J connectivity index is 1.53. The topological polar surface area (TPSA) is 150 Å². The van der Waals surface area contributed by atoms with Gasteiger partial charge in [0.05, 0.1) is 11.8 Å². The molecule has 2 heterocycles. The summed E-state index contributed by atoms with van der Waals surface area (Å²) in [6, 6.07) is -2.83. The second kappa shape index (κ2) is 15.2. The third-order valence-electron chi connectivity index (χ3n) is 11.9. The molecule has 0 radical (unpaired) electrons. The van der Waals surface area contributed by atoms with Gasteiger partial charge in [-0.15, -0.1) is 6.58 Å². The minimum atomic E-state index is -3.41. The van der Waals surface area contributed by atoms with Gasteiger partial charge in [-0.3, -0.25) is 19.2 Å². The Hall–Kier alpha value is -2.60. The maximum absolute atomic E-state index is 14.5. The summed E-state index contributed by atoms with van der Waals surface area (Å²) >= 11 is 0. The number of amides is 3. The summed E-state index contributed by atoms with van der Waals surface area (Å²) in [4.78, 5) is 70.3. The number of urea groups is 1. The third kappa shape index (κ3) is 9.06. The number of carbonyl (C=O) groups excluding carboxylic acids is 5. The number of hydrogen-bond donors (Lipinski definition) is 2. The molecule has 0 aromatic carbocycles. The van der Waals surface area contributed by atoms with Crippen molar-refractivity contribution in [2.75, 3.05) is 25.4 Å². The van der Waals surface area contributed by atoms with Crippen molar-refractivity contribution in [3.63, 3.8) is 0 Å². The number of nitrogens with one attached hydrogen (secondary N) is 2. The van der Waals surface area contributed by atoms with E-state index in [1.165, 1.54) is 4.31 Å². The zero-order valence-corrected chi connectivity index (χ0v) is 32.5. The predicted molar refractivity (Wildman–Crippen MR) is 194 cm³/mol. The fraction of sp³-hybridized carbons (Fsp3) is 0.816. The molecule has 2 aliphatic heterocycles. The van der Waals surface area contributed by atoms with Gasteiger partial charge in [0, 0.05) is 44.4 Å². The molecule has 11 nitrogen and oxygen atoms in total. The number of allylic oxidation sites excluding steroid dienone is 1. The molecule has 12 heteroatoms. The normalized spacial score (nSPS) is 26.5. The number of carbonyl (C=O) groups is 5. The highest BCUT2D eigenvalue weighted by molar-refractivity contribution is 7.89. The molecule has 6 atom stereocenters. The Morgan fingerprint density at radius 2 is 1.62 bits per heavy atom. The molecular weight excluding hydrogens is 657 g/mol. The zero-order chi connectivity index (χ0) is 37.4. The highest BCUT2D eigenvalue weighted by Gasteiger charge is 2.69. The van der Waals surface area contributed by atoms with Gasteiger partial charge in [-0.05, 0) is 59.7 Å². The van der Waals surface area contributed by atoms with Crippen molar-refractivity contribution in [1.82, 2.24) is 19.8 Å². The van der Waals surface area contributed by atoms with Crippen LogP contribution in [0.4, 0.5) is 4.79 Å². The number of ketones is 3. The van der Waals surface area contributed by atoms with Crippen LogP contribution in [0.3, 0.4) is 0 Å². The summed E-state index contributed by atoms with van der Waals surface area (Å²) in [7, 11) is -3.41. The Bertz CT molecular complexity index is 1440. The van der Waals surface area contributed by atoms with E-state index in [2.05, 4.69) is 31.1 Å². The van der Waals surface area contributed by atoms with Crippen molar-refractivity contribution < 1.29 is 32.4 Å². The van der Waals surface area contributed by atoms with Gasteiger partial charge in [0.1, 0.15) is 6.04 Å². The molecule has 2 aliphatic carbocycles. The smallest absolute Gasteiger partial charge is 0.315 e. The molecule has 1 unspecified atom stereocenters. The zero-order valence-electron chi connectivity index (χ0n) is 31.7. The Labute approximate surface area is 300 Å². The van der Waals surface area contributed by atoms with Crippen LogP contribution in [0.5, 0.6) is 0 Å².